The molecule has 0 fully saturated rings. The molecule has 4 heteroatoms. The number of hydrogen-bond acceptors (Lipinski definition) is 2. The lowest BCUT2D eigenvalue weighted by atomic mass is 10.2. The standard InChI is InChI=1S/C11H14FNOS/c1-15-8-4-7-11(14)13-10-6-3-2-5-9(10)12/h2-3,5-6H,4,7-8H2,1H3,(H,13,14). The Kier molecular flexibility index (Phi) is 5.18. The third-order valence-corrected chi connectivity index (χ3v) is 2.60. The highest BCUT2D eigenvalue weighted by Crippen LogP contribution is 2.13. The van der Waals surface area contributed by atoms with Crippen molar-refractivity contribution < 1.29 is 9.18 Å². The molecule has 1 N–H and O–H groups in total. The fourth-order valence-corrected chi connectivity index (χ4v) is 1.59. The highest BCUT2D eigenvalue weighted by molar-refractivity contribution is 7.98. The van der Waals surface area contributed by atoms with E-state index in [1.807, 2.05) is 6.26 Å². The quantitative estimate of drug-likeness (QED) is 0.784. The van der Waals surface area contributed by atoms with E-state index in [9.17, 15) is 9.18 Å². The first-order valence-electron chi connectivity index (χ1n) is 4.77. The second-order valence-electron chi connectivity index (χ2n) is 3.12. The number of rotatable bonds is 5. The van der Waals surface area contributed by atoms with Gasteiger partial charge in [-0.1, -0.05) is 12.1 Å². The molecule has 0 saturated carbocycles. The van der Waals surface area contributed by atoms with E-state index in [4.69, 9.17) is 0 Å². The molecule has 1 rings (SSSR count). The van der Waals surface area contributed by atoms with Gasteiger partial charge in [0.25, 0.3) is 0 Å². The summed E-state index contributed by atoms with van der Waals surface area (Å²) in [5, 5.41) is 2.55. The number of hydrogen-bond donors (Lipinski definition) is 1. The summed E-state index contributed by atoms with van der Waals surface area (Å²) in [4.78, 5) is 11.4. The second-order valence-corrected chi connectivity index (χ2v) is 4.11. The van der Waals surface area contributed by atoms with E-state index in [2.05, 4.69) is 5.32 Å². The number of para-hydroxylation sites is 1. The third-order valence-electron chi connectivity index (χ3n) is 1.90. The van der Waals surface area contributed by atoms with Crippen molar-refractivity contribution in [2.24, 2.45) is 0 Å². The van der Waals surface area contributed by atoms with Gasteiger partial charge < -0.3 is 5.32 Å². The van der Waals surface area contributed by atoms with E-state index in [0.29, 0.717) is 6.42 Å². The molecule has 2 nitrogen and oxygen atoms in total. The van der Waals surface area contributed by atoms with Crippen molar-refractivity contribution >= 4 is 23.4 Å². The lowest BCUT2D eigenvalue weighted by Gasteiger charge is -2.05. The monoisotopic (exact) mass is 227 g/mol. The topological polar surface area (TPSA) is 29.1 Å². The number of anilines is 1. The lowest BCUT2D eigenvalue weighted by molar-refractivity contribution is -0.116. The van der Waals surface area contributed by atoms with E-state index >= 15 is 0 Å². The van der Waals surface area contributed by atoms with E-state index < -0.39 is 5.82 Å². The van der Waals surface area contributed by atoms with Crippen LogP contribution in [0.1, 0.15) is 12.8 Å². The zero-order valence-corrected chi connectivity index (χ0v) is 9.44. The van der Waals surface area contributed by atoms with Crippen molar-refractivity contribution in [2.75, 3.05) is 17.3 Å². The molecular formula is C11H14FNOS. The lowest BCUT2D eigenvalue weighted by Crippen LogP contribution is -2.12. The largest absolute Gasteiger partial charge is 0.324 e. The Morgan fingerprint density at radius 3 is 2.87 bits per heavy atom. The number of nitrogens with one attached hydrogen (secondary N) is 1. The predicted octanol–water partition coefficient (Wildman–Crippen LogP) is 2.91. The summed E-state index contributed by atoms with van der Waals surface area (Å²) in [7, 11) is 0. The van der Waals surface area contributed by atoms with Gasteiger partial charge >= 0.3 is 0 Å². The SMILES string of the molecule is CSCCCC(=O)Nc1ccccc1F. The maximum absolute atomic E-state index is 13.1. The molecule has 0 atom stereocenters. The zero-order valence-electron chi connectivity index (χ0n) is 8.63. The summed E-state index contributed by atoms with van der Waals surface area (Å²) in [6, 6.07) is 6.18. The Labute approximate surface area is 93.3 Å². The Hall–Kier alpha value is -1.03. The van der Waals surface area contributed by atoms with Gasteiger partial charge in [-0.15, -0.1) is 0 Å². The van der Waals surface area contributed by atoms with Crippen molar-refractivity contribution in [3.8, 4) is 0 Å². The van der Waals surface area contributed by atoms with Gasteiger partial charge in [0.2, 0.25) is 5.91 Å². The van der Waals surface area contributed by atoms with Crippen LogP contribution in [0.15, 0.2) is 24.3 Å². The fourth-order valence-electron chi connectivity index (χ4n) is 1.15. The molecule has 0 radical (unpaired) electrons. The molecule has 1 amide bonds. The van der Waals surface area contributed by atoms with E-state index in [0.717, 1.165) is 12.2 Å². The molecule has 0 aliphatic rings. The van der Waals surface area contributed by atoms with Crippen LogP contribution in [0.25, 0.3) is 0 Å². The van der Waals surface area contributed by atoms with Crippen LogP contribution in [0.2, 0.25) is 0 Å². The average Bonchev–Trinajstić information content (AvgIpc) is 2.22. The van der Waals surface area contributed by atoms with Gasteiger partial charge in [-0.05, 0) is 30.6 Å². The minimum absolute atomic E-state index is 0.130. The molecule has 15 heavy (non-hydrogen) atoms. The van der Waals surface area contributed by atoms with Gasteiger partial charge in [0.1, 0.15) is 5.82 Å². The number of carbonyl (C=O) groups excluding carboxylic acids is 1. The molecule has 0 unspecified atom stereocenters. The Bertz CT molecular complexity index is 330. The second kappa shape index (κ2) is 6.45. The number of carbonyl (C=O) groups is 1. The summed E-state index contributed by atoms with van der Waals surface area (Å²) in [6.07, 6.45) is 3.26. The summed E-state index contributed by atoms with van der Waals surface area (Å²) in [5.74, 6) is 0.426. The third kappa shape index (κ3) is 4.34. The molecule has 1 aromatic carbocycles. The van der Waals surface area contributed by atoms with Crippen molar-refractivity contribution in [2.45, 2.75) is 12.8 Å². The van der Waals surface area contributed by atoms with Crippen LogP contribution in [0.5, 0.6) is 0 Å². The van der Waals surface area contributed by atoms with E-state index in [1.54, 1.807) is 30.0 Å². The van der Waals surface area contributed by atoms with Crippen LogP contribution in [-0.4, -0.2) is 17.9 Å². The van der Waals surface area contributed by atoms with Crippen molar-refractivity contribution in [3.05, 3.63) is 30.1 Å². The average molecular weight is 227 g/mol. The smallest absolute Gasteiger partial charge is 0.224 e. The summed E-state index contributed by atoms with van der Waals surface area (Å²) >= 11 is 1.70. The fraction of sp³-hybridized carbons (Fsp3) is 0.364. The minimum Gasteiger partial charge on any atom is -0.324 e. The predicted molar refractivity (Wildman–Crippen MR) is 62.6 cm³/mol. The molecule has 0 saturated heterocycles. The molecule has 0 aliphatic heterocycles. The van der Waals surface area contributed by atoms with Gasteiger partial charge in [-0.2, -0.15) is 11.8 Å². The van der Waals surface area contributed by atoms with Crippen LogP contribution >= 0.6 is 11.8 Å². The van der Waals surface area contributed by atoms with Crippen LogP contribution in [0.3, 0.4) is 0 Å². The zero-order chi connectivity index (χ0) is 11.1. The molecule has 0 aromatic heterocycles. The number of halogens is 1. The van der Waals surface area contributed by atoms with E-state index in [1.165, 1.54) is 6.07 Å². The molecule has 0 bridgehead atoms. The normalized spacial score (nSPS) is 10.0. The number of amides is 1. The molecule has 0 aliphatic carbocycles. The molecule has 82 valence electrons. The van der Waals surface area contributed by atoms with E-state index in [-0.39, 0.29) is 11.6 Å². The summed E-state index contributed by atoms with van der Waals surface area (Å²) < 4.78 is 13.1. The highest BCUT2D eigenvalue weighted by Gasteiger charge is 2.05. The first kappa shape index (κ1) is 12.0. The van der Waals surface area contributed by atoms with Crippen molar-refractivity contribution in [1.82, 2.24) is 0 Å². The van der Waals surface area contributed by atoms with Crippen molar-refractivity contribution in [1.29, 1.82) is 0 Å². The Morgan fingerprint density at radius 2 is 2.20 bits per heavy atom. The van der Waals surface area contributed by atoms with Crippen LogP contribution < -0.4 is 5.32 Å². The van der Waals surface area contributed by atoms with Gasteiger partial charge in [-0.25, -0.2) is 4.39 Å². The molecular weight excluding hydrogens is 213 g/mol. The van der Waals surface area contributed by atoms with Crippen LogP contribution in [0.4, 0.5) is 10.1 Å². The molecule has 0 heterocycles. The Balaban J connectivity index is 2.41. The minimum atomic E-state index is -0.393. The summed E-state index contributed by atoms with van der Waals surface area (Å²) in [6.45, 7) is 0. The van der Waals surface area contributed by atoms with Gasteiger partial charge in [0, 0.05) is 6.42 Å². The first-order chi connectivity index (χ1) is 7.24. The summed E-state index contributed by atoms with van der Waals surface area (Å²) in [5.41, 5.74) is 0.256. The van der Waals surface area contributed by atoms with Crippen LogP contribution in [0, 0.1) is 5.82 Å². The van der Waals surface area contributed by atoms with Gasteiger partial charge in [0.15, 0.2) is 0 Å². The number of thioether (sulfide) groups is 1. The highest BCUT2D eigenvalue weighted by atomic mass is 32.2. The Morgan fingerprint density at radius 1 is 1.47 bits per heavy atom. The maximum atomic E-state index is 13.1. The van der Waals surface area contributed by atoms with Crippen LogP contribution in [-0.2, 0) is 4.79 Å². The molecule has 0 spiro atoms. The first-order valence-corrected chi connectivity index (χ1v) is 6.16. The van der Waals surface area contributed by atoms with Gasteiger partial charge in [0.05, 0.1) is 5.69 Å². The number of benzene rings is 1. The molecule has 1 aromatic rings. The maximum Gasteiger partial charge on any atom is 0.224 e. The van der Waals surface area contributed by atoms with Gasteiger partial charge in [-0.3, -0.25) is 4.79 Å². The van der Waals surface area contributed by atoms with Crippen molar-refractivity contribution in [3.63, 3.8) is 0 Å².